The Morgan fingerprint density at radius 1 is 1.03 bits per heavy atom. The lowest BCUT2D eigenvalue weighted by atomic mass is 9.82. The first-order valence-corrected chi connectivity index (χ1v) is 10.2. The Bertz CT molecular complexity index is 995. The van der Waals surface area contributed by atoms with E-state index >= 15 is 0 Å². The van der Waals surface area contributed by atoms with Gasteiger partial charge in [-0.25, -0.2) is 14.8 Å². The number of nitrogens with zero attached hydrogens (tertiary/aromatic N) is 2. The normalized spacial score (nSPS) is 11.3. The molecular weight excluding hydrogens is 376 g/mol. The molecule has 0 aliphatic carbocycles. The lowest BCUT2D eigenvalue weighted by Crippen LogP contribution is -2.17. The van der Waals surface area contributed by atoms with E-state index in [4.69, 9.17) is 4.74 Å². The number of benzene rings is 2. The van der Waals surface area contributed by atoms with Gasteiger partial charge in [0.25, 0.3) is 0 Å². The number of hydrogen-bond donors (Lipinski definition) is 1. The predicted molar refractivity (Wildman–Crippen MR) is 117 cm³/mol. The van der Waals surface area contributed by atoms with Crippen LogP contribution in [0, 0.1) is 0 Å². The minimum absolute atomic E-state index is 0.227. The second-order valence-corrected chi connectivity index (χ2v) is 8.42. The summed E-state index contributed by atoms with van der Waals surface area (Å²) >= 11 is 0. The van der Waals surface area contributed by atoms with Gasteiger partial charge < -0.3 is 9.84 Å². The van der Waals surface area contributed by atoms with Gasteiger partial charge in [-0.1, -0.05) is 63.2 Å². The van der Waals surface area contributed by atoms with Crippen LogP contribution in [0.5, 0.6) is 5.88 Å². The molecule has 5 heteroatoms. The number of carboxylic acids is 1. The zero-order valence-electron chi connectivity index (χ0n) is 17.8. The highest BCUT2D eigenvalue weighted by molar-refractivity contribution is 5.90. The van der Waals surface area contributed by atoms with Crippen molar-refractivity contribution >= 4 is 5.97 Å². The maximum atomic E-state index is 11.6. The Hall–Kier alpha value is -3.21. The van der Waals surface area contributed by atoms with E-state index in [-0.39, 0.29) is 5.41 Å². The highest BCUT2D eigenvalue weighted by atomic mass is 16.5. The fourth-order valence-electron chi connectivity index (χ4n) is 3.41. The van der Waals surface area contributed by atoms with Crippen molar-refractivity contribution in [2.24, 2.45) is 0 Å². The monoisotopic (exact) mass is 404 g/mol. The Kier molecular flexibility index (Phi) is 6.83. The van der Waals surface area contributed by atoms with E-state index in [1.54, 1.807) is 12.3 Å². The van der Waals surface area contributed by atoms with Crippen molar-refractivity contribution in [2.75, 3.05) is 0 Å². The molecule has 0 atom stereocenters. The zero-order chi connectivity index (χ0) is 21.6. The molecule has 0 radical (unpaired) electrons. The SMILES string of the molecule is CC(C)(C)c1cc(CCCc2cncnc2OCc2ccccc2)ccc1C(=O)O. The summed E-state index contributed by atoms with van der Waals surface area (Å²) in [6.07, 6.45) is 5.84. The number of carboxylic acid groups (broad SMARTS) is 1. The Morgan fingerprint density at radius 3 is 2.50 bits per heavy atom. The van der Waals surface area contributed by atoms with Crippen LogP contribution in [0.4, 0.5) is 0 Å². The minimum atomic E-state index is -0.881. The standard InChI is InChI=1S/C25H28N2O3/c1-25(2,3)22-14-18(12-13-21(22)24(28)29)10-7-11-20-15-26-17-27-23(20)30-16-19-8-5-4-6-9-19/h4-6,8-9,12-15,17H,7,10-11,16H2,1-3H3,(H,28,29). The first kappa shape index (κ1) is 21.5. The van der Waals surface area contributed by atoms with E-state index in [1.807, 2.05) is 63.2 Å². The zero-order valence-corrected chi connectivity index (χ0v) is 17.8. The predicted octanol–water partition coefficient (Wildman–Crippen LogP) is 5.23. The molecule has 0 bridgehead atoms. The maximum Gasteiger partial charge on any atom is 0.335 e. The molecule has 3 aromatic rings. The molecule has 30 heavy (non-hydrogen) atoms. The van der Waals surface area contributed by atoms with Gasteiger partial charge in [0, 0.05) is 11.8 Å². The molecule has 2 aromatic carbocycles. The van der Waals surface area contributed by atoms with E-state index < -0.39 is 5.97 Å². The van der Waals surface area contributed by atoms with Crippen molar-refractivity contribution in [3.05, 3.63) is 88.9 Å². The van der Waals surface area contributed by atoms with Crippen LogP contribution in [0.2, 0.25) is 0 Å². The smallest absolute Gasteiger partial charge is 0.335 e. The third kappa shape index (κ3) is 5.66. The van der Waals surface area contributed by atoms with E-state index in [2.05, 4.69) is 9.97 Å². The summed E-state index contributed by atoms with van der Waals surface area (Å²) in [6.45, 7) is 6.58. The third-order valence-corrected chi connectivity index (χ3v) is 5.00. The quantitative estimate of drug-likeness (QED) is 0.557. The molecule has 0 amide bonds. The largest absolute Gasteiger partial charge is 0.478 e. The van der Waals surface area contributed by atoms with Crippen molar-refractivity contribution in [3.63, 3.8) is 0 Å². The summed E-state index contributed by atoms with van der Waals surface area (Å²) in [5.41, 5.74) is 4.22. The number of hydrogen-bond acceptors (Lipinski definition) is 4. The first-order chi connectivity index (χ1) is 14.3. The summed E-state index contributed by atoms with van der Waals surface area (Å²) in [7, 11) is 0. The topological polar surface area (TPSA) is 72.3 Å². The highest BCUT2D eigenvalue weighted by Crippen LogP contribution is 2.28. The van der Waals surface area contributed by atoms with E-state index in [0.717, 1.165) is 41.5 Å². The van der Waals surface area contributed by atoms with Crippen LogP contribution in [0.25, 0.3) is 0 Å². The van der Waals surface area contributed by atoms with Crippen molar-refractivity contribution < 1.29 is 14.6 Å². The molecule has 0 saturated heterocycles. The number of aromatic nitrogens is 2. The highest BCUT2D eigenvalue weighted by Gasteiger charge is 2.21. The van der Waals surface area contributed by atoms with Crippen LogP contribution < -0.4 is 4.74 Å². The number of carbonyl (C=O) groups is 1. The molecule has 0 aliphatic rings. The summed E-state index contributed by atoms with van der Waals surface area (Å²) < 4.78 is 5.92. The number of ether oxygens (including phenoxy) is 1. The third-order valence-electron chi connectivity index (χ3n) is 5.00. The molecule has 0 fully saturated rings. The second kappa shape index (κ2) is 9.53. The van der Waals surface area contributed by atoms with E-state index in [0.29, 0.717) is 18.1 Å². The summed E-state index contributed by atoms with van der Waals surface area (Å²) in [6, 6.07) is 15.7. The molecule has 1 N–H and O–H groups in total. The van der Waals surface area contributed by atoms with Gasteiger partial charge in [0.15, 0.2) is 0 Å². The van der Waals surface area contributed by atoms with Crippen LogP contribution in [0.15, 0.2) is 61.1 Å². The molecule has 0 unspecified atom stereocenters. The van der Waals surface area contributed by atoms with Gasteiger partial charge in [-0.15, -0.1) is 0 Å². The average Bonchev–Trinajstić information content (AvgIpc) is 2.73. The van der Waals surface area contributed by atoms with Gasteiger partial charge in [0.05, 0.1) is 5.56 Å². The number of aryl methyl sites for hydroxylation is 2. The van der Waals surface area contributed by atoms with Crippen LogP contribution in [0.3, 0.4) is 0 Å². The van der Waals surface area contributed by atoms with Crippen molar-refractivity contribution in [1.29, 1.82) is 0 Å². The van der Waals surface area contributed by atoms with Crippen molar-refractivity contribution in [3.8, 4) is 5.88 Å². The molecule has 3 rings (SSSR count). The molecule has 1 aromatic heterocycles. The maximum absolute atomic E-state index is 11.6. The molecule has 0 spiro atoms. The summed E-state index contributed by atoms with van der Waals surface area (Å²) in [5, 5.41) is 9.48. The Morgan fingerprint density at radius 2 is 1.80 bits per heavy atom. The van der Waals surface area contributed by atoms with Crippen LogP contribution in [-0.2, 0) is 24.9 Å². The fraction of sp³-hybridized carbons (Fsp3) is 0.320. The van der Waals surface area contributed by atoms with Gasteiger partial charge >= 0.3 is 5.97 Å². The van der Waals surface area contributed by atoms with Crippen molar-refractivity contribution in [2.45, 2.75) is 52.1 Å². The van der Waals surface area contributed by atoms with Crippen molar-refractivity contribution in [1.82, 2.24) is 9.97 Å². The first-order valence-electron chi connectivity index (χ1n) is 10.2. The second-order valence-electron chi connectivity index (χ2n) is 8.42. The lowest BCUT2D eigenvalue weighted by Gasteiger charge is -2.22. The molecule has 0 saturated carbocycles. The number of aromatic carboxylic acids is 1. The average molecular weight is 405 g/mol. The van der Waals surface area contributed by atoms with Gasteiger partial charge in [-0.3, -0.25) is 0 Å². The molecule has 1 heterocycles. The number of rotatable bonds is 8. The van der Waals surface area contributed by atoms with Crippen LogP contribution in [0.1, 0.15) is 59.8 Å². The summed E-state index contributed by atoms with van der Waals surface area (Å²) in [4.78, 5) is 20.0. The molecular formula is C25H28N2O3. The van der Waals surface area contributed by atoms with Gasteiger partial charge in [-0.05, 0) is 47.4 Å². The summed E-state index contributed by atoms with van der Waals surface area (Å²) in [5.74, 6) is -0.265. The molecule has 0 aliphatic heterocycles. The Balaban J connectivity index is 1.65. The Labute approximate surface area is 177 Å². The van der Waals surface area contributed by atoms with Gasteiger partial charge in [-0.2, -0.15) is 0 Å². The van der Waals surface area contributed by atoms with Gasteiger partial charge in [0.2, 0.25) is 5.88 Å². The van der Waals surface area contributed by atoms with E-state index in [9.17, 15) is 9.90 Å². The molecule has 156 valence electrons. The van der Waals surface area contributed by atoms with Gasteiger partial charge in [0.1, 0.15) is 12.9 Å². The van der Waals surface area contributed by atoms with E-state index in [1.165, 1.54) is 6.33 Å². The lowest BCUT2D eigenvalue weighted by molar-refractivity contribution is 0.0694. The molecule has 5 nitrogen and oxygen atoms in total. The minimum Gasteiger partial charge on any atom is -0.478 e. The van der Waals surface area contributed by atoms with Crippen LogP contribution >= 0.6 is 0 Å². The fourth-order valence-corrected chi connectivity index (χ4v) is 3.41. The van der Waals surface area contributed by atoms with Crippen LogP contribution in [-0.4, -0.2) is 21.0 Å².